The number of aromatic nitrogens is 1. The fourth-order valence-electron chi connectivity index (χ4n) is 4.17. The molecule has 8 heteroatoms. The molecule has 1 aliphatic carbocycles. The van der Waals surface area contributed by atoms with Crippen molar-refractivity contribution in [1.29, 1.82) is 0 Å². The summed E-state index contributed by atoms with van der Waals surface area (Å²) in [5, 5.41) is 1.04. The molecule has 0 radical (unpaired) electrons. The first-order valence-electron chi connectivity index (χ1n) is 10.1. The predicted molar refractivity (Wildman–Crippen MR) is 119 cm³/mol. The highest BCUT2D eigenvalue weighted by molar-refractivity contribution is 7.89. The third kappa shape index (κ3) is 4.24. The number of nitrogens with one attached hydrogen (secondary N) is 2. The van der Waals surface area contributed by atoms with E-state index in [1.165, 1.54) is 0 Å². The molecule has 0 spiro atoms. The van der Waals surface area contributed by atoms with E-state index in [-0.39, 0.29) is 22.4 Å². The summed E-state index contributed by atoms with van der Waals surface area (Å²) < 4.78 is 28.9. The van der Waals surface area contributed by atoms with Crippen LogP contribution in [0.15, 0.2) is 47.4 Å². The van der Waals surface area contributed by atoms with E-state index in [1.807, 2.05) is 24.3 Å². The second-order valence-corrected chi connectivity index (χ2v) is 9.86. The highest BCUT2D eigenvalue weighted by atomic mass is 35.5. The van der Waals surface area contributed by atoms with E-state index >= 15 is 0 Å². The molecular formula is C22H24ClN3O3S. The number of hydrogen-bond donors (Lipinski definition) is 3. The number of primary amides is 1. The van der Waals surface area contributed by atoms with Gasteiger partial charge in [-0.15, -0.1) is 0 Å². The maximum Gasteiger partial charge on any atom is 0.242 e. The van der Waals surface area contributed by atoms with Crippen molar-refractivity contribution in [2.24, 2.45) is 5.73 Å². The maximum atomic E-state index is 13.1. The molecule has 3 aromatic rings. The molecule has 1 fully saturated rings. The van der Waals surface area contributed by atoms with Crippen LogP contribution in [0.2, 0.25) is 5.02 Å². The van der Waals surface area contributed by atoms with Crippen LogP contribution in [0.5, 0.6) is 0 Å². The maximum absolute atomic E-state index is 13.1. The average Bonchev–Trinajstić information content (AvgIpc) is 3.06. The van der Waals surface area contributed by atoms with Crippen LogP contribution < -0.4 is 10.5 Å². The van der Waals surface area contributed by atoms with Crippen molar-refractivity contribution in [2.75, 3.05) is 0 Å². The third-order valence-corrected chi connectivity index (χ3v) is 7.60. The van der Waals surface area contributed by atoms with E-state index in [1.54, 1.807) is 18.2 Å². The Kier molecular flexibility index (Phi) is 5.86. The van der Waals surface area contributed by atoms with Crippen molar-refractivity contribution in [3.63, 3.8) is 0 Å². The van der Waals surface area contributed by atoms with Gasteiger partial charge in [-0.3, -0.25) is 4.79 Å². The molecule has 158 valence electrons. The monoisotopic (exact) mass is 445 g/mol. The third-order valence-electron chi connectivity index (χ3n) is 5.60. The number of sulfonamides is 1. The van der Waals surface area contributed by atoms with E-state index in [9.17, 15) is 13.2 Å². The van der Waals surface area contributed by atoms with E-state index < -0.39 is 15.9 Å². The molecule has 2 aromatic carbocycles. The van der Waals surface area contributed by atoms with Crippen molar-refractivity contribution in [1.82, 2.24) is 9.71 Å². The molecule has 1 aliphatic rings. The van der Waals surface area contributed by atoms with Gasteiger partial charge in [0.15, 0.2) is 0 Å². The number of carbonyl (C=O) groups excluding carboxylic acids is 1. The summed E-state index contributed by atoms with van der Waals surface area (Å²) in [6, 6.07) is 12.4. The Hall–Kier alpha value is -2.35. The summed E-state index contributed by atoms with van der Waals surface area (Å²) in [4.78, 5) is 15.0. The number of hydrogen-bond acceptors (Lipinski definition) is 3. The summed E-state index contributed by atoms with van der Waals surface area (Å²) in [5.74, 6) is -0.457. The Morgan fingerprint density at radius 2 is 1.87 bits per heavy atom. The topological polar surface area (TPSA) is 105 Å². The highest BCUT2D eigenvalue weighted by Gasteiger charge is 2.25. The fraction of sp³-hybridized carbons (Fsp3) is 0.318. The van der Waals surface area contributed by atoms with Gasteiger partial charge in [0.1, 0.15) is 4.90 Å². The molecule has 4 rings (SSSR count). The van der Waals surface area contributed by atoms with Gasteiger partial charge in [0.05, 0.1) is 17.1 Å². The van der Waals surface area contributed by atoms with Crippen molar-refractivity contribution in [2.45, 2.75) is 49.5 Å². The zero-order valence-electron chi connectivity index (χ0n) is 16.4. The van der Waals surface area contributed by atoms with Gasteiger partial charge in [-0.05, 0) is 42.2 Å². The summed E-state index contributed by atoms with van der Waals surface area (Å²) in [6.07, 6.45) is 4.89. The number of halogens is 1. The molecular weight excluding hydrogens is 422 g/mol. The van der Waals surface area contributed by atoms with Crippen LogP contribution in [0.1, 0.15) is 37.7 Å². The van der Waals surface area contributed by atoms with E-state index in [0.717, 1.165) is 48.6 Å². The smallest absolute Gasteiger partial charge is 0.242 e. The van der Waals surface area contributed by atoms with Crippen LogP contribution in [0.25, 0.3) is 22.2 Å². The summed E-state index contributed by atoms with van der Waals surface area (Å²) in [6.45, 7) is 0. The lowest BCUT2D eigenvalue weighted by Crippen LogP contribution is -2.36. The van der Waals surface area contributed by atoms with E-state index in [4.69, 9.17) is 17.3 Å². The summed E-state index contributed by atoms with van der Waals surface area (Å²) >= 11 is 6.29. The molecule has 0 bridgehead atoms. The Balaban J connectivity index is 1.77. The molecule has 0 saturated heterocycles. The molecule has 1 saturated carbocycles. The van der Waals surface area contributed by atoms with Gasteiger partial charge in [-0.1, -0.05) is 55.1 Å². The SMILES string of the molecule is NC(=O)Cc1c(-c2ccc(Cl)c(S(=O)(=O)NC3CCCCC3)c2)[nH]c2ccccc12. The van der Waals surface area contributed by atoms with Crippen LogP contribution in [-0.2, 0) is 21.2 Å². The van der Waals surface area contributed by atoms with Gasteiger partial charge >= 0.3 is 0 Å². The first-order valence-corrected chi connectivity index (χ1v) is 11.9. The Morgan fingerprint density at radius 3 is 2.60 bits per heavy atom. The second kappa shape index (κ2) is 8.41. The first-order chi connectivity index (χ1) is 14.3. The largest absolute Gasteiger partial charge is 0.369 e. The van der Waals surface area contributed by atoms with Gasteiger partial charge in [-0.2, -0.15) is 0 Å². The average molecular weight is 446 g/mol. The van der Waals surface area contributed by atoms with Gasteiger partial charge in [0.2, 0.25) is 15.9 Å². The molecule has 1 amide bonds. The summed E-state index contributed by atoms with van der Waals surface area (Å²) in [7, 11) is -3.77. The zero-order valence-corrected chi connectivity index (χ0v) is 18.0. The van der Waals surface area contributed by atoms with E-state index in [2.05, 4.69) is 9.71 Å². The van der Waals surface area contributed by atoms with Crippen LogP contribution in [0, 0.1) is 0 Å². The number of aromatic amines is 1. The Labute approximate surface area is 180 Å². The van der Waals surface area contributed by atoms with Crippen molar-refractivity contribution < 1.29 is 13.2 Å². The number of rotatable bonds is 6. The molecule has 0 atom stereocenters. The Bertz CT molecular complexity index is 1200. The molecule has 4 N–H and O–H groups in total. The van der Waals surface area contributed by atoms with Gasteiger partial charge < -0.3 is 10.7 Å². The number of benzene rings is 2. The lowest BCUT2D eigenvalue weighted by Gasteiger charge is -2.23. The highest BCUT2D eigenvalue weighted by Crippen LogP contribution is 2.34. The van der Waals surface area contributed by atoms with Crippen LogP contribution >= 0.6 is 11.6 Å². The minimum Gasteiger partial charge on any atom is -0.369 e. The van der Waals surface area contributed by atoms with Gasteiger partial charge in [0.25, 0.3) is 0 Å². The molecule has 30 heavy (non-hydrogen) atoms. The lowest BCUT2D eigenvalue weighted by atomic mass is 9.96. The molecule has 0 aliphatic heterocycles. The number of fused-ring (bicyclic) bond motifs is 1. The lowest BCUT2D eigenvalue weighted by molar-refractivity contribution is -0.117. The normalized spacial score (nSPS) is 15.5. The minimum atomic E-state index is -3.77. The molecule has 0 unspecified atom stereocenters. The number of H-pyrrole nitrogens is 1. The molecule has 6 nitrogen and oxygen atoms in total. The van der Waals surface area contributed by atoms with Crippen LogP contribution in [-0.4, -0.2) is 25.4 Å². The predicted octanol–water partition coefficient (Wildman–Crippen LogP) is 4.13. The van der Waals surface area contributed by atoms with Gasteiger partial charge in [0, 0.05) is 16.9 Å². The molecule has 1 aromatic heterocycles. The molecule has 1 heterocycles. The van der Waals surface area contributed by atoms with Crippen molar-refractivity contribution >= 4 is 38.4 Å². The number of amides is 1. The first kappa shape index (κ1) is 20.9. The van der Waals surface area contributed by atoms with E-state index in [0.29, 0.717) is 11.3 Å². The minimum absolute atomic E-state index is 0.0379. The van der Waals surface area contributed by atoms with Gasteiger partial charge in [-0.25, -0.2) is 13.1 Å². The standard InChI is InChI=1S/C22H24ClN3O3S/c23-18-11-10-14(12-20(18)30(28,29)26-15-6-2-1-3-7-15)22-17(13-21(24)27)16-8-4-5-9-19(16)25-22/h4-5,8-12,15,25-26H,1-3,6-7,13H2,(H2,24,27). The number of nitrogens with two attached hydrogens (primary N) is 1. The van der Waals surface area contributed by atoms with Crippen molar-refractivity contribution in [3.8, 4) is 11.3 Å². The van der Waals surface area contributed by atoms with Crippen LogP contribution in [0.4, 0.5) is 0 Å². The second-order valence-electron chi connectivity index (χ2n) is 7.77. The Morgan fingerprint density at radius 1 is 1.13 bits per heavy atom. The summed E-state index contributed by atoms with van der Waals surface area (Å²) in [5.41, 5.74) is 8.36. The van der Waals surface area contributed by atoms with Crippen LogP contribution in [0.3, 0.4) is 0 Å². The fourth-order valence-corrected chi connectivity index (χ4v) is 6.00. The number of carbonyl (C=O) groups is 1. The number of para-hydroxylation sites is 1. The van der Waals surface area contributed by atoms with Crippen molar-refractivity contribution in [3.05, 3.63) is 53.1 Å². The quantitative estimate of drug-likeness (QED) is 0.531. The zero-order chi connectivity index (χ0) is 21.3.